The van der Waals surface area contributed by atoms with Crippen molar-refractivity contribution in [3.05, 3.63) is 6.33 Å². The first-order valence-corrected chi connectivity index (χ1v) is 16.4. The van der Waals surface area contributed by atoms with Crippen LogP contribution < -0.4 is 26.8 Å². The lowest BCUT2D eigenvalue weighted by Gasteiger charge is -2.26. The summed E-state index contributed by atoms with van der Waals surface area (Å²) < 4.78 is 31.6. The zero-order valence-corrected chi connectivity index (χ0v) is 25.9. The van der Waals surface area contributed by atoms with Crippen molar-refractivity contribution in [3.8, 4) is 0 Å². The van der Waals surface area contributed by atoms with E-state index in [1.807, 2.05) is 0 Å². The highest BCUT2D eigenvalue weighted by Crippen LogP contribution is 2.33. The summed E-state index contributed by atoms with van der Waals surface area (Å²) in [4.78, 5) is 50.3. The molecular formula is C25H42N10O9S. The van der Waals surface area contributed by atoms with Crippen LogP contribution in [0.4, 0.5) is 11.8 Å². The van der Waals surface area contributed by atoms with E-state index in [0.717, 1.165) is 6.26 Å². The number of aliphatic hydroxyl groups is 2. The van der Waals surface area contributed by atoms with Gasteiger partial charge in [0.25, 0.3) is 5.91 Å². The van der Waals surface area contributed by atoms with Gasteiger partial charge in [0.05, 0.1) is 12.6 Å². The number of hydrogen-bond acceptors (Lipinski definition) is 14. The normalized spacial score (nSPS) is 20.6. The molecule has 0 aromatic carbocycles. The average molecular weight is 659 g/mol. The molecule has 2 aromatic heterocycles. The van der Waals surface area contributed by atoms with E-state index in [9.17, 15) is 33.0 Å². The molecule has 5 unspecified atom stereocenters. The molecule has 0 spiro atoms. The molecule has 0 radical (unpaired) electrons. The van der Waals surface area contributed by atoms with Crippen LogP contribution in [-0.4, -0.2) is 129 Å². The molecular weight excluding hydrogens is 616 g/mol. The van der Waals surface area contributed by atoms with E-state index in [1.54, 1.807) is 6.92 Å². The number of nitrogens with two attached hydrogens (primary N) is 2. The Morgan fingerprint density at radius 2 is 1.87 bits per heavy atom. The number of rotatable bonds is 18. The van der Waals surface area contributed by atoms with Crippen LogP contribution in [0.25, 0.3) is 11.2 Å². The molecule has 1 saturated heterocycles. The third kappa shape index (κ3) is 9.90. The lowest BCUT2D eigenvalue weighted by atomic mass is 10.1. The van der Waals surface area contributed by atoms with Crippen LogP contribution in [0.5, 0.6) is 0 Å². The molecule has 5 atom stereocenters. The monoisotopic (exact) mass is 658 g/mol. The van der Waals surface area contributed by atoms with E-state index in [4.69, 9.17) is 21.3 Å². The van der Waals surface area contributed by atoms with Crippen molar-refractivity contribution < 1.29 is 42.9 Å². The van der Waals surface area contributed by atoms with Gasteiger partial charge in [0, 0.05) is 39.1 Å². The van der Waals surface area contributed by atoms with E-state index in [1.165, 1.54) is 15.8 Å². The van der Waals surface area contributed by atoms with Gasteiger partial charge in [0.2, 0.25) is 21.9 Å². The van der Waals surface area contributed by atoms with E-state index in [0.29, 0.717) is 32.2 Å². The van der Waals surface area contributed by atoms with Gasteiger partial charge in [0.1, 0.15) is 23.8 Å². The number of nitrogens with zero attached hydrogens (tertiary/aromatic N) is 5. The molecule has 0 aliphatic carbocycles. The quantitative estimate of drug-likeness (QED) is 0.0757. The number of carboxylic acids is 1. The number of anilines is 2. The number of ether oxygens (including phenoxy) is 1. The predicted molar refractivity (Wildman–Crippen MR) is 161 cm³/mol. The van der Waals surface area contributed by atoms with E-state index >= 15 is 0 Å². The van der Waals surface area contributed by atoms with Gasteiger partial charge in [0.15, 0.2) is 23.8 Å². The highest BCUT2D eigenvalue weighted by molar-refractivity contribution is 7.88. The highest BCUT2D eigenvalue weighted by Gasteiger charge is 2.49. The van der Waals surface area contributed by atoms with Gasteiger partial charge in [-0.2, -0.15) is 9.97 Å². The fourth-order valence-corrected chi connectivity index (χ4v) is 5.14. The summed E-state index contributed by atoms with van der Waals surface area (Å²) in [6.07, 6.45) is -1.29. The maximum absolute atomic E-state index is 13.1. The Hall–Kier alpha value is -3.69. The van der Waals surface area contributed by atoms with Crippen molar-refractivity contribution in [2.24, 2.45) is 5.73 Å². The van der Waals surface area contributed by atoms with Crippen LogP contribution in [0.2, 0.25) is 0 Å². The molecule has 1 aliphatic heterocycles. The van der Waals surface area contributed by atoms with Crippen molar-refractivity contribution in [2.75, 3.05) is 50.0 Å². The Kier molecular flexibility index (Phi) is 12.8. The molecule has 3 heterocycles. The number of unbranched alkanes of at least 4 members (excludes halogenated alkanes) is 2. The SMILES string of the molecule is CCN(CCC(N)C(=O)O)C(=O)C1OC(n2cnc3c(N)nc(NCCNC(=O)CCCCCNS(C)(=O)=O)nc32)C(O)C1O. The zero-order valence-electron chi connectivity index (χ0n) is 25.1. The number of aliphatic hydroxyl groups excluding tert-OH is 2. The molecule has 1 aliphatic rings. The predicted octanol–water partition coefficient (Wildman–Crippen LogP) is -2.68. The lowest BCUT2D eigenvalue weighted by molar-refractivity contribution is -0.149. The van der Waals surface area contributed by atoms with Crippen LogP contribution in [0.1, 0.15) is 45.3 Å². The van der Waals surface area contributed by atoms with Gasteiger partial charge in [-0.15, -0.1) is 0 Å². The Balaban J connectivity index is 1.57. The van der Waals surface area contributed by atoms with Crippen molar-refractivity contribution in [1.82, 2.24) is 34.5 Å². The molecule has 2 amide bonds. The zero-order chi connectivity index (χ0) is 33.3. The molecule has 10 N–H and O–H groups in total. The minimum absolute atomic E-state index is 0.00834. The molecule has 0 bridgehead atoms. The van der Waals surface area contributed by atoms with Crippen LogP contribution >= 0.6 is 0 Å². The van der Waals surface area contributed by atoms with E-state index < -0.39 is 52.5 Å². The summed E-state index contributed by atoms with van der Waals surface area (Å²) >= 11 is 0. The fraction of sp³-hybridized carbons (Fsp3) is 0.680. The molecule has 0 saturated carbocycles. The number of sulfonamides is 1. The molecule has 1 fully saturated rings. The van der Waals surface area contributed by atoms with Gasteiger partial charge in [-0.1, -0.05) is 6.42 Å². The number of hydrogen-bond donors (Lipinski definition) is 8. The molecule has 19 nitrogen and oxygen atoms in total. The molecule has 45 heavy (non-hydrogen) atoms. The number of nitrogen functional groups attached to an aromatic ring is 1. The minimum atomic E-state index is -3.22. The van der Waals surface area contributed by atoms with Crippen LogP contribution in [-0.2, 0) is 29.1 Å². The Morgan fingerprint density at radius 1 is 1.13 bits per heavy atom. The topological polar surface area (TPSA) is 290 Å². The number of nitrogens with one attached hydrogen (secondary N) is 3. The first kappa shape index (κ1) is 35.8. The van der Waals surface area contributed by atoms with Crippen molar-refractivity contribution >= 4 is 50.7 Å². The van der Waals surface area contributed by atoms with Gasteiger partial charge >= 0.3 is 5.97 Å². The van der Waals surface area contributed by atoms with Gasteiger partial charge in [-0.05, 0) is 26.2 Å². The summed E-state index contributed by atoms with van der Waals surface area (Å²) in [5.74, 6) is -1.90. The summed E-state index contributed by atoms with van der Waals surface area (Å²) in [6.45, 7) is 2.70. The Bertz CT molecular complexity index is 1440. The van der Waals surface area contributed by atoms with E-state index in [2.05, 4.69) is 30.3 Å². The lowest BCUT2D eigenvalue weighted by Crippen LogP contribution is -2.46. The van der Waals surface area contributed by atoms with Crippen LogP contribution in [0, 0.1) is 0 Å². The fourth-order valence-electron chi connectivity index (χ4n) is 4.63. The summed E-state index contributed by atoms with van der Waals surface area (Å²) in [7, 11) is -3.22. The molecule has 20 heteroatoms. The number of aliphatic carboxylic acids is 1. The largest absolute Gasteiger partial charge is 0.480 e. The van der Waals surface area contributed by atoms with E-state index in [-0.39, 0.29) is 61.4 Å². The van der Waals surface area contributed by atoms with Crippen molar-refractivity contribution in [3.63, 3.8) is 0 Å². The molecule has 252 valence electrons. The smallest absolute Gasteiger partial charge is 0.320 e. The molecule has 2 aromatic rings. The number of imidazole rings is 1. The van der Waals surface area contributed by atoms with Crippen LogP contribution in [0.3, 0.4) is 0 Å². The average Bonchev–Trinajstić information content (AvgIpc) is 3.53. The molecule has 3 rings (SSSR count). The first-order valence-electron chi connectivity index (χ1n) is 14.5. The Labute approximate surface area is 259 Å². The van der Waals surface area contributed by atoms with Crippen molar-refractivity contribution in [2.45, 2.75) is 69.6 Å². The minimum Gasteiger partial charge on any atom is -0.480 e. The maximum atomic E-state index is 13.1. The van der Waals surface area contributed by atoms with Gasteiger partial charge in [-0.3, -0.25) is 19.0 Å². The standard InChI is InChI=1S/C25H42N10O9S/c1-3-34(12-8-14(26)24(40)41)22(39)19-17(37)18(38)23(44-19)35-13-30-16-20(27)32-25(33-21(16)35)29-11-10-28-15(36)7-5-4-6-9-31-45(2,42)43/h13-14,17-19,23,31,37-38H,3-12,26H2,1-2H3,(H,28,36)(H,40,41)(H3,27,29,32,33). The number of aromatic nitrogens is 4. The number of fused-ring (bicyclic) bond motifs is 1. The summed E-state index contributed by atoms with van der Waals surface area (Å²) in [6, 6.07) is -1.17. The second-order valence-electron chi connectivity index (χ2n) is 10.6. The Morgan fingerprint density at radius 3 is 2.53 bits per heavy atom. The van der Waals surface area contributed by atoms with Gasteiger partial charge in [-0.25, -0.2) is 18.1 Å². The third-order valence-electron chi connectivity index (χ3n) is 7.10. The number of likely N-dealkylation sites (N-methyl/N-ethyl adjacent to an activating group) is 1. The summed E-state index contributed by atoms with van der Waals surface area (Å²) in [5, 5.41) is 36.2. The maximum Gasteiger partial charge on any atom is 0.320 e. The second-order valence-corrected chi connectivity index (χ2v) is 12.4. The van der Waals surface area contributed by atoms with Gasteiger partial charge < -0.3 is 47.1 Å². The summed E-state index contributed by atoms with van der Waals surface area (Å²) in [5.41, 5.74) is 12.0. The van der Waals surface area contributed by atoms with Crippen LogP contribution in [0.15, 0.2) is 6.33 Å². The van der Waals surface area contributed by atoms with Crippen molar-refractivity contribution in [1.29, 1.82) is 0 Å². The first-order chi connectivity index (χ1) is 21.2. The number of carboxylic acid groups (broad SMARTS) is 1. The number of amides is 2. The second kappa shape index (κ2) is 16.0. The number of carbonyl (C=O) groups is 3. The third-order valence-corrected chi connectivity index (χ3v) is 7.83. The number of carbonyl (C=O) groups excluding carboxylic acids is 2. The highest BCUT2D eigenvalue weighted by atomic mass is 32.2.